The van der Waals surface area contributed by atoms with Gasteiger partial charge in [-0.1, -0.05) is 35.9 Å². The van der Waals surface area contributed by atoms with Crippen LogP contribution in [0.15, 0.2) is 48.5 Å². The van der Waals surface area contributed by atoms with E-state index in [1.54, 1.807) is 12.1 Å². The molecule has 0 aromatic heterocycles. The third kappa shape index (κ3) is 4.78. The molecule has 0 bridgehead atoms. The lowest BCUT2D eigenvalue weighted by molar-refractivity contribution is 0.233. The summed E-state index contributed by atoms with van der Waals surface area (Å²) in [7, 11) is 2.03. The van der Waals surface area contributed by atoms with Gasteiger partial charge in [0.05, 0.1) is 11.6 Å². The number of nitriles is 1. The summed E-state index contributed by atoms with van der Waals surface area (Å²) in [4.78, 5) is 2.15. The predicted molar refractivity (Wildman–Crippen MR) is 84.4 cm³/mol. The van der Waals surface area contributed by atoms with E-state index in [0.717, 1.165) is 29.4 Å². The van der Waals surface area contributed by atoms with Gasteiger partial charge in [0.1, 0.15) is 12.4 Å². The minimum Gasteiger partial charge on any atom is -0.492 e. The van der Waals surface area contributed by atoms with Crippen LogP contribution in [0.3, 0.4) is 0 Å². The zero-order valence-corrected chi connectivity index (χ0v) is 12.7. The Bertz CT molecular complexity index is 637. The average molecular weight is 301 g/mol. The fourth-order valence-electron chi connectivity index (χ4n) is 1.97. The molecule has 0 saturated heterocycles. The van der Waals surface area contributed by atoms with E-state index < -0.39 is 0 Å². The molecular formula is C17H17ClN2O. The van der Waals surface area contributed by atoms with E-state index in [0.29, 0.717) is 12.2 Å². The van der Waals surface area contributed by atoms with E-state index in [9.17, 15) is 0 Å². The van der Waals surface area contributed by atoms with Gasteiger partial charge < -0.3 is 4.74 Å². The molecule has 0 aliphatic carbocycles. The van der Waals surface area contributed by atoms with Crippen molar-refractivity contribution in [3.63, 3.8) is 0 Å². The molecule has 0 amide bonds. The van der Waals surface area contributed by atoms with Crippen molar-refractivity contribution < 1.29 is 4.74 Å². The van der Waals surface area contributed by atoms with Crippen molar-refractivity contribution >= 4 is 11.6 Å². The van der Waals surface area contributed by atoms with Crippen LogP contribution in [0, 0.1) is 11.3 Å². The van der Waals surface area contributed by atoms with Crippen LogP contribution in [0.5, 0.6) is 5.75 Å². The van der Waals surface area contributed by atoms with Gasteiger partial charge in [-0.05, 0) is 36.9 Å². The molecule has 2 aromatic rings. The molecule has 0 atom stereocenters. The van der Waals surface area contributed by atoms with Crippen molar-refractivity contribution in [2.75, 3.05) is 20.2 Å². The molecule has 2 aromatic carbocycles. The van der Waals surface area contributed by atoms with Crippen LogP contribution in [-0.4, -0.2) is 25.1 Å². The minimum absolute atomic E-state index is 0.565. The summed E-state index contributed by atoms with van der Waals surface area (Å²) in [6.07, 6.45) is 0. The quantitative estimate of drug-likeness (QED) is 0.815. The summed E-state index contributed by atoms with van der Waals surface area (Å²) in [5.74, 6) is 0.722. The summed E-state index contributed by atoms with van der Waals surface area (Å²) < 4.78 is 5.66. The zero-order chi connectivity index (χ0) is 15.1. The first-order chi connectivity index (χ1) is 10.2. The lowest BCUT2D eigenvalue weighted by Gasteiger charge is -2.17. The van der Waals surface area contributed by atoms with Crippen LogP contribution in [-0.2, 0) is 6.54 Å². The summed E-state index contributed by atoms with van der Waals surface area (Å²) in [5, 5.41) is 9.62. The summed E-state index contributed by atoms with van der Waals surface area (Å²) in [6, 6.07) is 17.1. The van der Waals surface area contributed by atoms with Gasteiger partial charge in [0.15, 0.2) is 0 Å². The van der Waals surface area contributed by atoms with Crippen molar-refractivity contribution in [1.82, 2.24) is 4.90 Å². The van der Waals surface area contributed by atoms with Crippen molar-refractivity contribution in [3.05, 3.63) is 64.7 Å². The van der Waals surface area contributed by atoms with Gasteiger partial charge in [-0.3, -0.25) is 4.90 Å². The highest BCUT2D eigenvalue weighted by atomic mass is 35.5. The second-order valence-corrected chi connectivity index (χ2v) is 5.22. The molecule has 0 radical (unpaired) electrons. The van der Waals surface area contributed by atoms with E-state index in [-0.39, 0.29) is 0 Å². The van der Waals surface area contributed by atoms with Crippen LogP contribution in [0.4, 0.5) is 0 Å². The highest BCUT2D eigenvalue weighted by molar-refractivity contribution is 6.31. The maximum Gasteiger partial charge on any atom is 0.120 e. The van der Waals surface area contributed by atoms with Gasteiger partial charge in [0.25, 0.3) is 0 Å². The molecule has 0 spiro atoms. The Morgan fingerprint density at radius 1 is 1.19 bits per heavy atom. The van der Waals surface area contributed by atoms with Gasteiger partial charge in [0.2, 0.25) is 0 Å². The van der Waals surface area contributed by atoms with E-state index in [2.05, 4.69) is 11.0 Å². The first kappa shape index (κ1) is 15.4. The number of hydrogen-bond donors (Lipinski definition) is 0. The Labute approximate surface area is 130 Å². The molecular weight excluding hydrogens is 284 g/mol. The Kier molecular flexibility index (Phi) is 5.62. The third-order valence-corrected chi connectivity index (χ3v) is 3.47. The zero-order valence-electron chi connectivity index (χ0n) is 11.9. The van der Waals surface area contributed by atoms with Gasteiger partial charge in [-0.2, -0.15) is 5.26 Å². The lowest BCUT2D eigenvalue weighted by atomic mass is 10.2. The van der Waals surface area contributed by atoms with Crippen LogP contribution < -0.4 is 4.74 Å². The largest absolute Gasteiger partial charge is 0.492 e. The fraction of sp³-hybridized carbons (Fsp3) is 0.235. The van der Waals surface area contributed by atoms with E-state index in [4.69, 9.17) is 21.6 Å². The van der Waals surface area contributed by atoms with Gasteiger partial charge in [-0.15, -0.1) is 0 Å². The van der Waals surface area contributed by atoms with Gasteiger partial charge >= 0.3 is 0 Å². The molecule has 2 rings (SSSR count). The van der Waals surface area contributed by atoms with E-state index in [1.165, 1.54) is 0 Å². The highest BCUT2D eigenvalue weighted by Crippen LogP contribution is 2.16. The highest BCUT2D eigenvalue weighted by Gasteiger charge is 2.04. The average Bonchev–Trinajstić information content (AvgIpc) is 2.50. The van der Waals surface area contributed by atoms with Crippen LogP contribution in [0.1, 0.15) is 11.1 Å². The number of hydrogen-bond acceptors (Lipinski definition) is 3. The maximum absolute atomic E-state index is 8.84. The molecule has 3 nitrogen and oxygen atoms in total. The molecule has 0 aliphatic heterocycles. The third-order valence-electron chi connectivity index (χ3n) is 3.10. The Balaban J connectivity index is 1.80. The molecule has 0 aliphatic rings. The summed E-state index contributed by atoms with van der Waals surface area (Å²) in [5.41, 5.74) is 1.71. The number of halogens is 1. The first-order valence-electron chi connectivity index (χ1n) is 6.74. The second-order valence-electron chi connectivity index (χ2n) is 4.82. The lowest BCUT2D eigenvalue weighted by Crippen LogP contribution is -2.24. The van der Waals surface area contributed by atoms with Crippen LogP contribution in [0.2, 0.25) is 5.02 Å². The molecule has 21 heavy (non-hydrogen) atoms. The van der Waals surface area contributed by atoms with Crippen molar-refractivity contribution in [3.8, 4) is 11.8 Å². The molecule has 0 N–H and O–H groups in total. The van der Waals surface area contributed by atoms with Crippen molar-refractivity contribution in [1.29, 1.82) is 5.26 Å². The summed E-state index contributed by atoms with van der Waals surface area (Å²) >= 11 is 6.14. The Morgan fingerprint density at radius 3 is 2.76 bits per heavy atom. The van der Waals surface area contributed by atoms with Gasteiger partial charge in [-0.25, -0.2) is 0 Å². The molecule has 0 unspecified atom stereocenters. The topological polar surface area (TPSA) is 36.3 Å². The Morgan fingerprint density at radius 2 is 2.00 bits per heavy atom. The monoisotopic (exact) mass is 300 g/mol. The first-order valence-corrected chi connectivity index (χ1v) is 7.12. The number of benzene rings is 2. The normalized spacial score (nSPS) is 10.4. The SMILES string of the molecule is CN(CCOc1cccc(C#N)c1)Cc1ccccc1Cl. The molecule has 0 saturated carbocycles. The van der Waals surface area contributed by atoms with Crippen LogP contribution in [0.25, 0.3) is 0 Å². The number of nitrogens with zero attached hydrogens (tertiary/aromatic N) is 2. The summed E-state index contributed by atoms with van der Waals surface area (Å²) in [6.45, 7) is 2.12. The fourth-order valence-corrected chi connectivity index (χ4v) is 2.17. The van der Waals surface area contributed by atoms with E-state index >= 15 is 0 Å². The van der Waals surface area contributed by atoms with E-state index in [1.807, 2.05) is 43.4 Å². The second kappa shape index (κ2) is 7.68. The number of rotatable bonds is 6. The smallest absolute Gasteiger partial charge is 0.120 e. The minimum atomic E-state index is 0.565. The number of ether oxygens (including phenoxy) is 1. The van der Waals surface area contributed by atoms with Crippen molar-refractivity contribution in [2.24, 2.45) is 0 Å². The maximum atomic E-state index is 8.84. The Hall–Kier alpha value is -2.02. The van der Waals surface area contributed by atoms with Crippen molar-refractivity contribution in [2.45, 2.75) is 6.54 Å². The predicted octanol–water partition coefficient (Wildman–Crippen LogP) is 3.72. The standard InChI is InChI=1S/C17H17ClN2O/c1-20(13-15-6-2-3-8-17(15)18)9-10-21-16-7-4-5-14(11-16)12-19/h2-8,11H,9-10,13H2,1H3. The molecule has 0 fully saturated rings. The molecule has 108 valence electrons. The molecule has 4 heteroatoms. The molecule has 0 heterocycles. The number of likely N-dealkylation sites (N-methyl/N-ethyl adjacent to an activating group) is 1. The van der Waals surface area contributed by atoms with Gasteiger partial charge in [0, 0.05) is 18.1 Å². The van der Waals surface area contributed by atoms with Crippen LogP contribution >= 0.6 is 11.6 Å².